The predicted octanol–water partition coefficient (Wildman–Crippen LogP) is 15.1. The molecule has 0 spiro atoms. The minimum Gasteiger partial charge on any atom is -0.0988 e. The second-order valence-electron chi connectivity index (χ2n) is 15.4. The minimum absolute atomic E-state index is 0.198. The van der Waals surface area contributed by atoms with Crippen molar-refractivity contribution in [2.24, 2.45) is 11.8 Å². The molecule has 0 heterocycles. The molecular weight excluding hydrogens is 637 g/mol. The van der Waals surface area contributed by atoms with E-state index in [-0.39, 0.29) is 5.41 Å². The molecule has 3 aromatic carbocycles. The fourth-order valence-corrected chi connectivity index (χ4v) is 9.33. The molecule has 5 rings (SSSR count). The quantitative estimate of drug-likeness (QED) is 0.147. The lowest BCUT2D eigenvalue weighted by Crippen LogP contribution is -2.18. The van der Waals surface area contributed by atoms with Crippen molar-refractivity contribution in [3.63, 3.8) is 0 Å². The van der Waals surface area contributed by atoms with Crippen LogP contribution in [0.5, 0.6) is 0 Å². The summed E-state index contributed by atoms with van der Waals surface area (Å²) in [5.41, 5.74) is 21.7. The first kappa shape index (κ1) is 39.3. The first-order valence-corrected chi connectivity index (χ1v) is 19.4. The van der Waals surface area contributed by atoms with Gasteiger partial charge in [0.25, 0.3) is 0 Å². The van der Waals surface area contributed by atoms with Gasteiger partial charge in [-0.3, -0.25) is 0 Å². The van der Waals surface area contributed by atoms with Crippen molar-refractivity contribution in [2.75, 3.05) is 0 Å². The monoisotopic (exact) mass is 696 g/mol. The summed E-state index contributed by atoms with van der Waals surface area (Å²) in [7, 11) is 0. The van der Waals surface area contributed by atoms with Crippen molar-refractivity contribution >= 4 is 17.7 Å². The van der Waals surface area contributed by atoms with Crippen LogP contribution in [0.2, 0.25) is 0 Å². The summed E-state index contributed by atoms with van der Waals surface area (Å²) in [4.78, 5) is 0. The highest BCUT2D eigenvalue weighted by molar-refractivity contribution is 5.91. The van der Waals surface area contributed by atoms with Gasteiger partial charge >= 0.3 is 0 Å². The number of benzene rings is 3. The van der Waals surface area contributed by atoms with Crippen molar-refractivity contribution in [3.8, 4) is 11.1 Å². The maximum atomic E-state index is 4.35. The Morgan fingerprint density at radius 2 is 1.55 bits per heavy atom. The van der Waals surface area contributed by atoms with Crippen molar-refractivity contribution < 1.29 is 0 Å². The van der Waals surface area contributed by atoms with Gasteiger partial charge in [-0.2, -0.15) is 0 Å². The zero-order valence-corrected chi connectivity index (χ0v) is 33.9. The van der Waals surface area contributed by atoms with E-state index in [9.17, 15) is 0 Å². The number of hydrogen-bond acceptors (Lipinski definition) is 0. The summed E-state index contributed by atoms with van der Waals surface area (Å²) < 4.78 is 0. The first-order valence-electron chi connectivity index (χ1n) is 19.4. The Hall–Kier alpha value is -4.94. The molecule has 2 aliphatic rings. The molecule has 0 heteroatoms. The van der Waals surface area contributed by atoms with Crippen LogP contribution in [0.15, 0.2) is 151 Å². The molecule has 2 aliphatic carbocycles. The summed E-state index contributed by atoms with van der Waals surface area (Å²) in [5.74, 6) is 1.02. The van der Waals surface area contributed by atoms with Crippen LogP contribution in [0, 0.1) is 18.8 Å². The second-order valence-corrected chi connectivity index (χ2v) is 15.4. The molecule has 3 unspecified atom stereocenters. The fourth-order valence-electron chi connectivity index (χ4n) is 9.33. The summed E-state index contributed by atoms with van der Waals surface area (Å²) in [6.07, 6.45) is 18.7. The highest BCUT2D eigenvalue weighted by Crippen LogP contribution is 2.54. The van der Waals surface area contributed by atoms with Gasteiger partial charge in [-0.25, -0.2) is 0 Å². The van der Waals surface area contributed by atoms with Crippen LogP contribution >= 0.6 is 0 Å². The lowest BCUT2D eigenvalue weighted by Gasteiger charge is -2.29. The molecule has 0 saturated carbocycles. The molecule has 0 aromatic heterocycles. The third kappa shape index (κ3) is 6.63. The zero-order valence-electron chi connectivity index (χ0n) is 33.9. The van der Waals surface area contributed by atoms with Gasteiger partial charge in [0.2, 0.25) is 0 Å². The molecule has 0 fully saturated rings. The Morgan fingerprint density at radius 1 is 0.849 bits per heavy atom. The lowest BCUT2D eigenvalue weighted by atomic mass is 9.75. The lowest BCUT2D eigenvalue weighted by molar-refractivity contribution is 0.547. The molecule has 53 heavy (non-hydrogen) atoms. The third-order valence-electron chi connectivity index (χ3n) is 12.4. The Kier molecular flexibility index (Phi) is 11.8. The Balaban J connectivity index is 1.59. The normalized spacial score (nSPS) is 18.1. The van der Waals surface area contributed by atoms with Gasteiger partial charge in [-0.15, -0.1) is 0 Å². The highest BCUT2D eigenvalue weighted by atomic mass is 14.4. The highest BCUT2D eigenvalue weighted by Gasteiger charge is 2.39. The van der Waals surface area contributed by atoms with Crippen LogP contribution in [0.3, 0.4) is 0 Å². The van der Waals surface area contributed by atoms with Gasteiger partial charge in [-0.1, -0.05) is 165 Å². The van der Waals surface area contributed by atoms with Crippen LogP contribution in [-0.4, -0.2) is 0 Å². The number of aryl methyl sites for hydroxylation is 1. The summed E-state index contributed by atoms with van der Waals surface area (Å²) in [6, 6.07) is 18.2. The third-order valence-corrected chi connectivity index (χ3v) is 12.4. The fraction of sp³-hybridized carbons (Fsp3) is 0.283. The molecular formula is C53H60. The molecule has 0 aliphatic heterocycles. The smallest absolute Gasteiger partial charge is 0.0159 e. The Labute approximate surface area is 321 Å². The van der Waals surface area contributed by atoms with Gasteiger partial charge in [0, 0.05) is 11.3 Å². The van der Waals surface area contributed by atoms with E-state index in [0.29, 0.717) is 17.8 Å². The Bertz CT molecular complexity index is 2160. The van der Waals surface area contributed by atoms with Crippen molar-refractivity contribution in [2.45, 2.75) is 86.5 Å². The largest absolute Gasteiger partial charge is 0.0988 e. The molecule has 0 nitrogen and oxygen atoms in total. The van der Waals surface area contributed by atoms with Crippen LogP contribution in [-0.2, 0) is 11.8 Å². The van der Waals surface area contributed by atoms with E-state index in [0.717, 1.165) is 35.1 Å². The van der Waals surface area contributed by atoms with Gasteiger partial charge < -0.3 is 0 Å². The summed E-state index contributed by atoms with van der Waals surface area (Å²) in [6.45, 7) is 42.0. The van der Waals surface area contributed by atoms with E-state index in [1.165, 1.54) is 72.4 Å². The second kappa shape index (κ2) is 16.0. The van der Waals surface area contributed by atoms with Gasteiger partial charge in [0.15, 0.2) is 0 Å². The number of rotatable bonds is 14. The first-order chi connectivity index (χ1) is 25.4. The molecule has 0 saturated heterocycles. The van der Waals surface area contributed by atoms with E-state index >= 15 is 0 Å². The maximum Gasteiger partial charge on any atom is 0.0159 e. The predicted molar refractivity (Wildman–Crippen MR) is 236 cm³/mol. The van der Waals surface area contributed by atoms with E-state index in [2.05, 4.69) is 168 Å². The van der Waals surface area contributed by atoms with Gasteiger partial charge in [0.1, 0.15) is 0 Å². The van der Waals surface area contributed by atoms with E-state index in [1.807, 2.05) is 24.3 Å². The topological polar surface area (TPSA) is 0 Å². The molecule has 0 radical (unpaired) electrons. The van der Waals surface area contributed by atoms with Gasteiger partial charge in [-0.05, 0) is 147 Å². The molecule has 272 valence electrons. The molecule has 0 amide bonds. The van der Waals surface area contributed by atoms with E-state index in [4.69, 9.17) is 0 Å². The number of fused-ring (bicyclic) bond motifs is 3. The number of hydrogen-bond donors (Lipinski definition) is 0. The molecule has 3 atom stereocenters. The molecule has 0 N–H and O–H groups in total. The zero-order chi connectivity index (χ0) is 38.8. The van der Waals surface area contributed by atoms with Crippen LogP contribution in [0.1, 0.15) is 112 Å². The van der Waals surface area contributed by atoms with Crippen LogP contribution in [0.25, 0.3) is 28.9 Å². The summed E-state index contributed by atoms with van der Waals surface area (Å²) >= 11 is 0. The van der Waals surface area contributed by atoms with Gasteiger partial charge in [0.05, 0.1) is 0 Å². The van der Waals surface area contributed by atoms with E-state index in [1.54, 1.807) is 0 Å². The molecule has 3 aromatic rings. The standard InChI is InChI=1S/C53H60/c1-15-25-47-36(12)51(45(22-8)43(47)20-6)40(17-3)35(11)34(10)38-28-29-48-49(31-38)53(13,14)50-32-39(42(19-5)44(21-7)52(48)50)30-37(16-2)41(18-4)46-27-24-23-26-33(46)9/h15-21,23-29,31-32,34-35,45H,2,4-7,22,30H2,1,3,8-14H3/b25-15-,40-17-,41-37-. The van der Waals surface area contributed by atoms with E-state index < -0.39 is 0 Å². The van der Waals surface area contributed by atoms with Crippen molar-refractivity contribution in [3.05, 3.63) is 196 Å². The van der Waals surface area contributed by atoms with Crippen LogP contribution < -0.4 is 0 Å². The Morgan fingerprint density at radius 3 is 2.11 bits per heavy atom. The SMILES string of the molecule is C=CC1=C(/C=C\C)C(C)=C(/C(=C\C)C(C)C(C)c2ccc3c(c2)C(C)(C)c2cc(C/C(C=C)=C(/C=C)c4ccccc4C)c(C=C)c(C=C)c2-3)C1CC. The summed E-state index contributed by atoms with van der Waals surface area (Å²) in [5, 5.41) is 0. The average molecular weight is 697 g/mol. The van der Waals surface area contributed by atoms with Crippen LogP contribution in [0.4, 0.5) is 0 Å². The van der Waals surface area contributed by atoms with Crippen molar-refractivity contribution in [1.82, 2.24) is 0 Å². The number of allylic oxidation sites excluding steroid dienone is 13. The minimum atomic E-state index is -0.198. The maximum absolute atomic E-state index is 4.35. The molecule has 0 bridgehead atoms. The average Bonchev–Trinajstić information content (AvgIpc) is 3.56. The van der Waals surface area contributed by atoms with Crippen molar-refractivity contribution in [1.29, 1.82) is 0 Å².